The molecule has 42 heavy (non-hydrogen) atoms. The Bertz CT molecular complexity index is 2060. The van der Waals surface area contributed by atoms with Crippen molar-refractivity contribution in [1.29, 1.82) is 0 Å². The third-order valence-electron chi connectivity index (χ3n) is 9.83. The third kappa shape index (κ3) is 2.99. The molecule has 202 valence electrons. The van der Waals surface area contributed by atoms with Gasteiger partial charge in [0.05, 0.1) is 0 Å². The number of rotatable bonds is 2. The number of benzene rings is 5. The van der Waals surface area contributed by atoms with Crippen molar-refractivity contribution >= 4 is 21.9 Å². The molecule has 2 aliphatic rings. The van der Waals surface area contributed by atoms with Crippen LogP contribution in [0.2, 0.25) is 0 Å². The van der Waals surface area contributed by atoms with Crippen LogP contribution in [0.1, 0.15) is 49.9 Å². The Hall–Kier alpha value is -4.82. The predicted molar refractivity (Wildman–Crippen MR) is 172 cm³/mol. The molecule has 0 aliphatic heterocycles. The van der Waals surface area contributed by atoms with Crippen LogP contribution in [0, 0.1) is 0 Å². The maximum atomic E-state index is 6.66. The van der Waals surface area contributed by atoms with Gasteiger partial charge in [-0.05, 0) is 69.8 Å². The minimum atomic E-state index is -0.209. The summed E-state index contributed by atoms with van der Waals surface area (Å²) < 4.78 is 13.3. The second-order valence-corrected chi connectivity index (χ2v) is 13.0. The van der Waals surface area contributed by atoms with Crippen LogP contribution in [0.4, 0.5) is 0 Å². The van der Waals surface area contributed by atoms with E-state index in [9.17, 15) is 0 Å². The van der Waals surface area contributed by atoms with Crippen molar-refractivity contribution in [2.45, 2.75) is 38.5 Å². The first kappa shape index (κ1) is 23.8. The SMILES string of the molecule is CC1(C)c2cc3c(cc2-c2oc4ccc(-c5ccccc5)cc4c21)C(C)(C)c1c-3oc2ccc(-c3ccccc3)cc12. The van der Waals surface area contributed by atoms with Gasteiger partial charge in [-0.1, -0.05) is 100 Å². The van der Waals surface area contributed by atoms with Crippen molar-refractivity contribution in [3.05, 3.63) is 131 Å². The molecule has 0 atom stereocenters. The van der Waals surface area contributed by atoms with E-state index in [4.69, 9.17) is 8.83 Å². The van der Waals surface area contributed by atoms with Crippen molar-refractivity contribution in [2.24, 2.45) is 0 Å². The zero-order valence-corrected chi connectivity index (χ0v) is 24.2. The molecule has 2 heteroatoms. The Morgan fingerprint density at radius 1 is 0.429 bits per heavy atom. The molecule has 0 unspecified atom stereocenters. The standard InChI is InChI=1S/C40H30O2/c1-39(2)31-21-28-32(22-27(31)37-35(39)29-19-25(15-17-33(29)41-37)23-11-7-5-8-12-23)40(3,4)36-30-20-26(24-13-9-6-10-14-24)16-18-34(30)42-38(28)36/h5-22H,1-4H3. The molecule has 0 saturated heterocycles. The van der Waals surface area contributed by atoms with Gasteiger partial charge in [0.2, 0.25) is 0 Å². The largest absolute Gasteiger partial charge is 0.456 e. The maximum Gasteiger partial charge on any atom is 0.139 e. The normalized spacial score (nSPS) is 15.5. The monoisotopic (exact) mass is 542 g/mol. The van der Waals surface area contributed by atoms with Gasteiger partial charge in [-0.15, -0.1) is 0 Å². The summed E-state index contributed by atoms with van der Waals surface area (Å²) >= 11 is 0. The van der Waals surface area contributed by atoms with Crippen LogP contribution < -0.4 is 0 Å². The highest BCUT2D eigenvalue weighted by Crippen LogP contribution is 2.59. The summed E-state index contributed by atoms with van der Waals surface area (Å²) in [7, 11) is 0. The first-order valence-corrected chi connectivity index (χ1v) is 14.8. The molecule has 9 rings (SSSR count). The first-order valence-electron chi connectivity index (χ1n) is 14.8. The Balaban J connectivity index is 1.23. The molecule has 2 aromatic heterocycles. The fourth-order valence-corrected chi connectivity index (χ4v) is 7.71. The molecule has 0 fully saturated rings. The van der Waals surface area contributed by atoms with Crippen molar-refractivity contribution in [1.82, 2.24) is 0 Å². The van der Waals surface area contributed by atoms with Crippen LogP contribution >= 0.6 is 0 Å². The molecule has 7 aromatic rings. The summed E-state index contributed by atoms with van der Waals surface area (Å²) in [6, 6.07) is 39.2. The second kappa shape index (κ2) is 7.92. The molecule has 2 aliphatic carbocycles. The van der Waals surface area contributed by atoms with E-state index in [-0.39, 0.29) is 10.8 Å². The molecule has 0 N–H and O–H groups in total. The lowest BCUT2D eigenvalue weighted by atomic mass is 9.78. The van der Waals surface area contributed by atoms with Gasteiger partial charge in [-0.25, -0.2) is 0 Å². The van der Waals surface area contributed by atoms with Crippen LogP contribution in [-0.4, -0.2) is 0 Å². The van der Waals surface area contributed by atoms with E-state index in [0.29, 0.717) is 0 Å². The van der Waals surface area contributed by atoms with E-state index < -0.39 is 0 Å². The van der Waals surface area contributed by atoms with Crippen LogP contribution in [0.25, 0.3) is 66.8 Å². The summed E-state index contributed by atoms with van der Waals surface area (Å²) in [5.74, 6) is 2.02. The highest BCUT2D eigenvalue weighted by Gasteiger charge is 2.46. The molecule has 2 heterocycles. The Labute approximate surface area is 245 Å². The zero-order valence-electron chi connectivity index (χ0n) is 24.2. The number of hydrogen-bond donors (Lipinski definition) is 0. The highest BCUT2D eigenvalue weighted by molar-refractivity contribution is 6.00. The zero-order chi connectivity index (χ0) is 28.4. The highest BCUT2D eigenvalue weighted by atomic mass is 16.3. The van der Waals surface area contributed by atoms with E-state index in [0.717, 1.165) is 22.7 Å². The van der Waals surface area contributed by atoms with Crippen molar-refractivity contribution in [3.63, 3.8) is 0 Å². The molecule has 0 saturated carbocycles. The molecule has 0 bridgehead atoms. The fraction of sp³-hybridized carbons (Fsp3) is 0.150. The van der Waals surface area contributed by atoms with Gasteiger partial charge in [0.25, 0.3) is 0 Å². The van der Waals surface area contributed by atoms with Crippen LogP contribution in [0.5, 0.6) is 0 Å². The predicted octanol–water partition coefficient (Wildman–Crippen LogP) is 11.1. The van der Waals surface area contributed by atoms with Gasteiger partial charge in [0, 0.05) is 43.9 Å². The van der Waals surface area contributed by atoms with Gasteiger partial charge in [-0.3, -0.25) is 0 Å². The van der Waals surface area contributed by atoms with Crippen molar-refractivity contribution in [2.75, 3.05) is 0 Å². The molecule has 2 nitrogen and oxygen atoms in total. The van der Waals surface area contributed by atoms with Gasteiger partial charge in [-0.2, -0.15) is 0 Å². The van der Waals surface area contributed by atoms with Gasteiger partial charge in [0.15, 0.2) is 0 Å². The molecule has 0 spiro atoms. The van der Waals surface area contributed by atoms with E-state index in [2.05, 4.69) is 137 Å². The summed E-state index contributed by atoms with van der Waals surface area (Å²) in [6.45, 7) is 9.33. The van der Waals surface area contributed by atoms with Gasteiger partial charge in [0.1, 0.15) is 22.7 Å². The maximum absolute atomic E-state index is 6.66. The van der Waals surface area contributed by atoms with Crippen LogP contribution in [0.15, 0.2) is 118 Å². The lowest BCUT2D eigenvalue weighted by Gasteiger charge is -2.24. The van der Waals surface area contributed by atoms with Crippen LogP contribution in [0.3, 0.4) is 0 Å². The van der Waals surface area contributed by atoms with Crippen molar-refractivity contribution in [3.8, 4) is 44.9 Å². The van der Waals surface area contributed by atoms with Gasteiger partial charge < -0.3 is 8.83 Å². The minimum Gasteiger partial charge on any atom is -0.456 e. The summed E-state index contributed by atoms with van der Waals surface area (Å²) in [5, 5.41) is 2.40. The topological polar surface area (TPSA) is 26.3 Å². The van der Waals surface area contributed by atoms with Crippen molar-refractivity contribution < 1.29 is 8.83 Å². The lowest BCUT2D eigenvalue weighted by Crippen LogP contribution is -2.17. The molecule has 5 aromatic carbocycles. The fourth-order valence-electron chi connectivity index (χ4n) is 7.71. The summed E-state index contributed by atoms with van der Waals surface area (Å²) in [4.78, 5) is 0. The number of furan rings is 2. The third-order valence-corrected chi connectivity index (χ3v) is 9.83. The second-order valence-electron chi connectivity index (χ2n) is 13.0. The number of fused-ring (bicyclic) bond motifs is 10. The molecular weight excluding hydrogens is 512 g/mol. The average molecular weight is 543 g/mol. The van der Waals surface area contributed by atoms with E-state index >= 15 is 0 Å². The average Bonchev–Trinajstić information content (AvgIpc) is 3.70. The summed E-state index contributed by atoms with van der Waals surface area (Å²) in [5.41, 5.74) is 13.9. The van der Waals surface area contributed by atoms with Crippen LogP contribution in [-0.2, 0) is 10.8 Å². The van der Waals surface area contributed by atoms with E-state index in [1.54, 1.807) is 0 Å². The van der Waals surface area contributed by atoms with E-state index in [1.807, 2.05) is 0 Å². The summed E-state index contributed by atoms with van der Waals surface area (Å²) in [6.07, 6.45) is 0. The van der Waals surface area contributed by atoms with E-state index in [1.165, 1.54) is 66.4 Å². The lowest BCUT2D eigenvalue weighted by molar-refractivity contribution is 0.617. The Morgan fingerprint density at radius 3 is 1.24 bits per heavy atom. The molecular formula is C40H30O2. The number of hydrogen-bond acceptors (Lipinski definition) is 2. The molecule has 0 radical (unpaired) electrons. The smallest absolute Gasteiger partial charge is 0.139 e. The Morgan fingerprint density at radius 2 is 0.833 bits per heavy atom. The first-order chi connectivity index (χ1) is 20.3. The Kier molecular flexibility index (Phi) is 4.50. The minimum absolute atomic E-state index is 0.209. The molecule has 0 amide bonds. The van der Waals surface area contributed by atoms with Gasteiger partial charge >= 0.3 is 0 Å². The quantitative estimate of drug-likeness (QED) is 0.217.